The third-order valence-corrected chi connectivity index (χ3v) is 6.88. The molecule has 1 aliphatic rings. The van der Waals surface area contributed by atoms with Gasteiger partial charge in [0.2, 0.25) is 5.91 Å². The Bertz CT molecular complexity index is 1240. The van der Waals surface area contributed by atoms with Crippen LogP contribution in [0.25, 0.3) is 11.3 Å². The predicted molar refractivity (Wildman–Crippen MR) is 145 cm³/mol. The molecule has 202 valence electrons. The van der Waals surface area contributed by atoms with Gasteiger partial charge in [-0.05, 0) is 25.0 Å². The summed E-state index contributed by atoms with van der Waals surface area (Å²) in [6, 6.07) is 16.9. The van der Waals surface area contributed by atoms with Gasteiger partial charge in [-0.2, -0.15) is 0 Å². The van der Waals surface area contributed by atoms with Crippen molar-refractivity contribution < 1.29 is 23.6 Å². The average Bonchev–Trinajstić information content (AvgIpc) is 3.37. The number of hydrogen-bond donors (Lipinski definition) is 1. The van der Waals surface area contributed by atoms with Crippen LogP contribution >= 0.6 is 0 Å². The zero-order chi connectivity index (χ0) is 27.2. The summed E-state index contributed by atoms with van der Waals surface area (Å²) in [5, 5.41) is 7.09. The van der Waals surface area contributed by atoms with E-state index in [4.69, 9.17) is 14.0 Å². The van der Waals surface area contributed by atoms with Gasteiger partial charge in [-0.15, -0.1) is 0 Å². The Morgan fingerprint density at radius 3 is 2.61 bits per heavy atom. The van der Waals surface area contributed by atoms with Crippen LogP contribution in [-0.2, 0) is 16.1 Å². The van der Waals surface area contributed by atoms with Crippen molar-refractivity contribution >= 4 is 17.5 Å². The van der Waals surface area contributed by atoms with Crippen LogP contribution in [-0.4, -0.2) is 72.8 Å². The molecule has 1 aliphatic heterocycles. The van der Waals surface area contributed by atoms with Gasteiger partial charge in [0.15, 0.2) is 5.76 Å². The second-order valence-corrected chi connectivity index (χ2v) is 9.97. The van der Waals surface area contributed by atoms with Crippen molar-refractivity contribution in [2.45, 2.75) is 39.5 Å². The van der Waals surface area contributed by atoms with Crippen LogP contribution in [0.2, 0.25) is 0 Å². The summed E-state index contributed by atoms with van der Waals surface area (Å²) in [6.45, 7) is 7.69. The number of fused-ring (bicyclic) bond motifs is 1. The molecule has 0 saturated carbocycles. The molecule has 9 heteroatoms. The van der Waals surface area contributed by atoms with E-state index in [-0.39, 0.29) is 29.9 Å². The van der Waals surface area contributed by atoms with E-state index in [9.17, 15) is 9.59 Å². The van der Waals surface area contributed by atoms with E-state index >= 15 is 0 Å². The number of hydrogen-bond acceptors (Lipinski definition) is 7. The van der Waals surface area contributed by atoms with Crippen molar-refractivity contribution in [1.29, 1.82) is 0 Å². The minimum atomic E-state index is -0.194. The zero-order valence-corrected chi connectivity index (χ0v) is 22.6. The van der Waals surface area contributed by atoms with Crippen LogP contribution in [0.5, 0.6) is 5.75 Å². The second-order valence-electron chi connectivity index (χ2n) is 9.97. The Hall–Kier alpha value is -3.69. The van der Waals surface area contributed by atoms with Gasteiger partial charge in [0.1, 0.15) is 12.4 Å². The number of carbonyl (C=O) groups is 2. The first-order chi connectivity index (χ1) is 18.2. The maximum absolute atomic E-state index is 13.3. The smallest absolute Gasteiger partial charge is 0.257 e. The molecule has 0 radical (unpaired) electrons. The Balaban J connectivity index is 1.62. The topological polar surface area (TPSA) is 97.1 Å². The van der Waals surface area contributed by atoms with E-state index in [0.717, 1.165) is 17.0 Å². The Morgan fingerprint density at radius 2 is 1.89 bits per heavy atom. The molecule has 3 aromatic rings. The normalized spacial score (nSPS) is 21.1. The van der Waals surface area contributed by atoms with E-state index in [0.29, 0.717) is 43.2 Å². The molecule has 2 heterocycles. The van der Waals surface area contributed by atoms with Crippen LogP contribution in [0.1, 0.15) is 36.8 Å². The number of anilines is 1. The summed E-state index contributed by atoms with van der Waals surface area (Å²) < 4.78 is 17.7. The number of nitrogens with zero attached hydrogens (tertiary/aromatic N) is 3. The number of benzene rings is 2. The van der Waals surface area contributed by atoms with Crippen LogP contribution in [0.15, 0.2) is 59.1 Å². The molecule has 0 spiro atoms. The van der Waals surface area contributed by atoms with Crippen LogP contribution in [0, 0.1) is 5.92 Å². The van der Waals surface area contributed by atoms with Crippen molar-refractivity contribution in [3.05, 3.63) is 65.9 Å². The fourth-order valence-corrected chi connectivity index (χ4v) is 4.68. The number of likely N-dealkylation sites (N-methyl/N-ethyl adjacent to an activating group) is 1. The maximum atomic E-state index is 13.3. The summed E-state index contributed by atoms with van der Waals surface area (Å²) in [4.78, 5) is 28.9. The predicted octanol–water partition coefficient (Wildman–Crippen LogP) is 4.31. The van der Waals surface area contributed by atoms with Gasteiger partial charge in [0.05, 0.1) is 17.4 Å². The highest BCUT2D eigenvalue weighted by atomic mass is 16.5. The first-order valence-electron chi connectivity index (χ1n) is 12.8. The summed E-state index contributed by atoms with van der Waals surface area (Å²) in [5.74, 6) is 0.918. The highest BCUT2D eigenvalue weighted by molar-refractivity contribution is 5.98. The minimum absolute atomic E-state index is 0.0173. The maximum Gasteiger partial charge on any atom is 0.257 e. The standard InChI is InChI=1S/C29H36N4O5/c1-19-15-33(16-24-14-26(38-31-24)22-9-7-6-8-10-22)20(2)18-37-27-13-23(30-21(3)34)11-12-25(27)29(35)32(4)17-28(19)36-5/h6-14,19-20,28H,15-18H2,1-5H3,(H,30,34)/t19-,20-,28-/m1/s1. The van der Waals surface area contributed by atoms with E-state index in [1.807, 2.05) is 36.4 Å². The third kappa shape index (κ3) is 6.59. The first-order valence-corrected chi connectivity index (χ1v) is 12.8. The van der Waals surface area contributed by atoms with Crippen LogP contribution in [0.3, 0.4) is 0 Å². The van der Waals surface area contributed by atoms with E-state index in [1.54, 1.807) is 37.3 Å². The second kappa shape index (κ2) is 12.2. The summed E-state index contributed by atoms with van der Waals surface area (Å²) in [5.41, 5.74) is 2.81. The Labute approximate surface area is 223 Å². The highest BCUT2D eigenvalue weighted by Gasteiger charge is 2.29. The minimum Gasteiger partial charge on any atom is -0.491 e. The Morgan fingerprint density at radius 1 is 1.13 bits per heavy atom. The fourth-order valence-electron chi connectivity index (χ4n) is 4.68. The summed E-state index contributed by atoms with van der Waals surface area (Å²) >= 11 is 0. The molecule has 0 saturated heterocycles. The molecule has 1 N–H and O–H groups in total. The number of carbonyl (C=O) groups excluding carboxylic acids is 2. The van der Waals surface area contributed by atoms with Gasteiger partial charge < -0.3 is 24.2 Å². The van der Waals surface area contributed by atoms with E-state index < -0.39 is 0 Å². The van der Waals surface area contributed by atoms with E-state index in [2.05, 4.69) is 29.2 Å². The molecule has 2 aromatic carbocycles. The highest BCUT2D eigenvalue weighted by Crippen LogP contribution is 2.27. The van der Waals surface area contributed by atoms with Gasteiger partial charge in [0.25, 0.3) is 5.91 Å². The lowest BCUT2D eigenvalue weighted by Gasteiger charge is -2.35. The number of methoxy groups -OCH3 is 1. The first kappa shape index (κ1) is 27.3. The number of rotatable bonds is 5. The number of nitrogens with one attached hydrogen (secondary N) is 1. The largest absolute Gasteiger partial charge is 0.491 e. The number of ether oxygens (including phenoxy) is 2. The molecular formula is C29H36N4O5. The SMILES string of the molecule is CO[C@@H]1CN(C)C(=O)c2ccc(NC(C)=O)cc2OC[C@@H](C)N(Cc2cc(-c3ccccc3)on2)C[C@H]1C. The lowest BCUT2D eigenvalue weighted by Crippen LogP contribution is -2.46. The molecule has 9 nitrogen and oxygen atoms in total. The molecule has 0 fully saturated rings. The van der Waals surface area contributed by atoms with Gasteiger partial charge in [-0.25, -0.2) is 0 Å². The lowest BCUT2D eigenvalue weighted by atomic mass is 10.0. The van der Waals surface area contributed by atoms with Gasteiger partial charge >= 0.3 is 0 Å². The van der Waals surface area contributed by atoms with Crippen molar-refractivity contribution in [3.63, 3.8) is 0 Å². The van der Waals surface area contributed by atoms with Crippen molar-refractivity contribution in [3.8, 4) is 17.1 Å². The van der Waals surface area contributed by atoms with Crippen molar-refractivity contribution in [1.82, 2.24) is 15.0 Å². The molecular weight excluding hydrogens is 484 g/mol. The monoisotopic (exact) mass is 520 g/mol. The summed E-state index contributed by atoms with van der Waals surface area (Å²) in [6.07, 6.45) is -0.168. The zero-order valence-electron chi connectivity index (χ0n) is 22.6. The van der Waals surface area contributed by atoms with Crippen molar-refractivity contribution in [2.75, 3.05) is 39.2 Å². The summed E-state index contributed by atoms with van der Waals surface area (Å²) in [7, 11) is 3.44. The quantitative estimate of drug-likeness (QED) is 0.536. The number of amides is 2. The molecule has 3 atom stereocenters. The van der Waals surface area contributed by atoms with Gasteiger partial charge in [-0.1, -0.05) is 42.4 Å². The van der Waals surface area contributed by atoms with Crippen molar-refractivity contribution in [2.24, 2.45) is 5.92 Å². The fraction of sp³-hybridized carbons (Fsp3) is 0.414. The molecule has 0 bridgehead atoms. The Kier molecular flexibility index (Phi) is 8.81. The molecule has 0 aliphatic carbocycles. The van der Waals surface area contributed by atoms with Crippen LogP contribution in [0.4, 0.5) is 5.69 Å². The molecule has 0 unspecified atom stereocenters. The van der Waals surface area contributed by atoms with Gasteiger partial charge in [-0.3, -0.25) is 14.5 Å². The molecule has 4 rings (SSSR count). The number of aromatic nitrogens is 1. The van der Waals surface area contributed by atoms with Gasteiger partial charge in [0, 0.05) is 70.1 Å². The third-order valence-electron chi connectivity index (χ3n) is 6.88. The molecule has 2 amide bonds. The molecule has 38 heavy (non-hydrogen) atoms. The average molecular weight is 521 g/mol. The lowest BCUT2D eigenvalue weighted by molar-refractivity contribution is -0.114. The van der Waals surface area contributed by atoms with E-state index in [1.165, 1.54) is 6.92 Å². The molecule has 1 aromatic heterocycles. The van der Waals surface area contributed by atoms with Crippen LogP contribution < -0.4 is 10.1 Å².